The van der Waals surface area contributed by atoms with Gasteiger partial charge in [0.25, 0.3) is 5.91 Å². The van der Waals surface area contributed by atoms with Crippen LogP contribution in [0.15, 0.2) is 42.5 Å². The van der Waals surface area contributed by atoms with E-state index in [9.17, 15) is 9.59 Å². The van der Waals surface area contributed by atoms with Crippen LogP contribution < -0.4 is 10.1 Å². The van der Waals surface area contributed by atoms with E-state index in [0.717, 1.165) is 16.7 Å². The predicted octanol–water partition coefficient (Wildman–Crippen LogP) is 4.53. The van der Waals surface area contributed by atoms with Gasteiger partial charge >= 0.3 is 0 Å². The van der Waals surface area contributed by atoms with Gasteiger partial charge in [-0.3, -0.25) is 9.59 Å². The monoisotopic (exact) mass is 430 g/mol. The lowest BCUT2D eigenvalue weighted by Crippen LogP contribution is -2.49. The Hall–Kier alpha value is -2.53. The van der Waals surface area contributed by atoms with Crippen molar-refractivity contribution in [3.63, 3.8) is 0 Å². The summed E-state index contributed by atoms with van der Waals surface area (Å²) < 4.78 is 5.80. The first kappa shape index (κ1) is 23.7. The second-order valence-corrected chi connectivity index (χ2v) is 8.39. The summed E-state index contributed by atoms with van der Waals surface area (Å²) in [5.41, 5.74) is 2.94. The molecule has 5 nitrogen and oxygen atoms in total. The molecule has 0 aliphatic heterocycles. The Labute approximate surface area is 184 Å². The van der Waals surface area contributed by atoms with E-state index in [1.165, 1.54) is 4.90 Å². The number of aryl methyl sites for hydroxylation is 1. The van der Waals surface area contributed by atoms with Crippen molar-refractivity contribution in [3.05, 3.63) is 64.2 Å². The van der Waals surface area contributed by atoms with Gasteiger partial charge in [-0.15, -0.1) is 0 Å². The van der Waals surface area contributed by atoms with E-state index >= 15 is 0 Å². The van der Waals surface area contributed by atoms with Gasteiger partial charge < -0.3 is 15.0 Å². The minimum atomic E-state index is -0.641. The molecule has 0 fully saturated rings. The molecular weight excluding hydrogens is 400 g/mol. The molecule has 0 saturated carbocycles. The Bertz CT molecular complexity index is 883. The number of hydrogen-bond donors (Lipinski definition) is 1. The van der Waals surface area contributed by atoms with Crippen LogP contribution in [0.3, 0.4) is 0 Å². The molecule has 2 rings (SSSR count). The number of hydrogen-bond acceptors (Lipinski definition) is 3. The number of nitrogens with zero attached hydrogens (tertiary/aromatic N) is 1. The first-order chi connectivity index (χ1) is 14.2. The SMILES string of the molecule is Cc1cccc(OCC(=O)N(Cc2cccc(Cl)c2)C(C)C(=O)NCC(C)C)c1C. The number of ether oxygens (including phenoxy) is 1. The lowest BCUT2D eigenvalue weighted by molar-refractivity contribution is -0.142. The third kappa shape index (κ3) is 6.77. The molecule has 0 saturated heterocycles. The Balaban J connectivity index is 2.17. The van der Waals surface area contributed by atoms with E-state index in [2.05, 4.69) is 5.32 Å². The van der Waals surface area contributed by atoms with Crippen molar-refractivity contribution >= 4 is 23.4 Å². The highest BCUT2D eigenvalue weighted by Crippen LogP contribution is 2.21. The first-order valence-electron chi connectivity index (χ1n) is 10.2. The quantitative estimate of drug-likeness (QED) is 0.636. The fourth-order valence-electron chi connectivity index (χ4n) is 2.97. The van der Waals surface area contributed by atoms with Gasteiger partial charge in [-0.25, -0.2) is 0 Å². The number of amides is 2. The highest BCUT2D eigenvalue weighted by atomic mass is 35.5. The van der Waals surface area contributed by atoms with Gasteiger partial charge in [-0.1, -0.05) is 49.7 Å². The minimum absolute atomic E-state index is 0.146. The molecule has 0 radical (unpaired) electrons. The molecule has 30 heavy (non-hydrogen) atoms. The van der Waals surface area contributed by atoms with Crippen LogP contribution in [-0.2, 0) is 16.1 Å². The van der Waals surface area contributed by atoms with E-state index in [0.29, 0.717) is 23.2 Å². The van der Waals surface area contributed by atoms with Crippen LogP contribution in [0.5, 0.6) is 5.75 Å². The van der Waals surface area contributed by atoms with E-state index < -0.39 is 6.04 Å². The van der Waals surface area contributed by atoms with Crippen LogP contribution in [0, 0.1) is 19.8 Å². The molecular formula is C24H31ClN2O3. The zero-order chi connectivity index (χ0) is 22.3. The summed E-state index contributed by atoms with van der Waals surface area (Å²) in [7, 11) is 0. The Morgan fingerprint density at radius 3 is 2.47 bits per heavy atom. The minimum Gasteiger partial charge on any atom is -0.483 e. The van der Waals surface area contributed by atoms with Gasteiger partial charge in [0.2, 0.25) is 5.91 Å². The maximum atomic E-state index is 13.1. The molecule has 1 unspecified atom stereocenters. The van der Waals surface area contributed by atoms with Gasteiger partial charge in [-0.2, -0.15) is 0 Å². The highest BCUT2D eigenvalue weighted by Gasteiger charge is 2.26. The molecule has 1 atom stereocenters. The Morgan fingerprint density at radius 1 is 1.10 bits per heavy atom. The smallest absolute Gasteiger partial charge is 0.261 e. The molecule has 162 valence electrons. The molecule has 0 aliphatic rings. The number of halogens is 1. The summed E-state index contributed by atoms with van der Waals surface area (Å²) in [6, 6.07) is 12.4. The van der Waals surface area contributed by atoms with E-state index in [4.69, 9.17) is 16.3 Å². The average Bonchev–Trinajstić information content (AvgIpc) is 2.70. The fourth-order valence-corrected chi connectivity index (χ4v) is 3.18. The van der Waals surface area contributed by atoms with Crippen molar-refractivity contribution in [1.82, 2.24) is 10.2 Å². The zero-order valence-corrected chi connectivity index (χ0v) is 19.1. The molecule has 0 bridgehead atoms. The number of carbonyl (C=O) groups excluding carboxylic acids is 2. The molecule has 2 aromatic carbocycles. The lowest BCUT2D eigenvalue weighted by Gasteiger charge is -2.29. The molecule has 1 N–H and O–H groups in total. The molecule has 0 heterocycles. The van der Waals surface area contributed by atoms with Crippen molar-refractivity contribution in [2.45, 2.75) is 47.2 Å². The number of nitrogens with one attached hydrogen (secondary N) is 1. The topological polar surface area (TPSA) is 58.6 Å². The summed E-state index contributed by atoms with van der Waals surface area (Å²) in [4.78, 5) is 27.3. The van der Waals surface area contributed by atoms with E-state index in [1.807, 2.05) is 58.0 Å². The second kappa shape index (κ2) is 11.0. The summed E-state index contributed by atoms with van der Waals surface area (Å²) in [5, 5.41) is 3.49. The summed E-state index contributed by atoms with van der Waals surface area (Å²) >= 11 is 6.10. The first-order valence-corrected chi connectivity index (χ1v) is 10.6. The Morgan fingerprint density at radius 2 is 1.80 bits per heavy atom. The van der Waals surface area contributed by atoms with Crippen LogP contribution in [0.1, 0.15) is 37.5 Å². The maximum absolute atomic E-state index is 13.1. The summed E-state index contributed by atoms with van der Waals surface area (Å²) in [6.07, 6.45) is 0. The largest absolute Gasteiger partial charge is 0.483 e. The number of carbonyl (C=O) groups is 2. The third-order valence-electron chi connectivity index (χ3n) is 5.00. The number of benzene rings is 2. The molecule has 0 spiro atoms. The van der Waals surface area contributed by atoms with Crippen LogP contribution in [0.2, 0.25) is 5.02 Å². The molecule has 6 heteroatoms. The fraction of sp³-hybridized carbons (Fsp3) is 0.417. The molecule has 2 aromatic rings. The summed E-state index contributed by atoms with van der Waals surface area (Å²) in [5.74, 6) is 0.544. The molecule has 0 aliphatic carbocycles. The van der Waals surface area contributed by atoms with Crippen molar-refractivity contribution in [1.29, 1.82) is 0 Å². The van der Waals surface area contributed by atoms with E-state index in [-0.39, 0.29) is 25.0 Å². The normalized spacial score (nSPS) is 11.8. The molecule has 2 amide bonds. The molecule has 0 aromatic heterocycles. The van der Waals surface area contributed by atoms with Gasteiger partial charge in [0, 0.05) is 18.1 Å². The highest BCUT2D eigenvalue weighted by molar-refractivity contribution is 6.30. The lowest BCUT2D eigenvalue weighted by atomic mass is 10.1. The van der Waals surface area contributed by atoms with Gasteiger partial charge in [0.15, 0.2) is 6.61 Å². The summed E-state index contributed by atoms with van der Waals surface area (Å²) in [6.45, 7) is 10.4. The van der Waals surface area contributed by atoms with Crippen LogP contribution in [-0.4, -0.2) is 35.9 Å². The average molecular weight is 431 g/mol. The van der Waals surface area contributed by atoms with Gasteiger partial charge in [0.05, 0.1) is 0 Å². The predicted molar refractivity (Wildman–Crippen MR) is 121 cm³/mol. The van der Waals surface area contributed by atoms with Crippen molar-refractivity contribution < 1.29 is 14.3 Å². The Kier molecular flexibility index (Phi) is 8.72. The van der Waals surface area contributed by atoms with Gasteiger partial charge in [0.1, 0.15) is 11.8 Å². The van der Waals surface area contributed by atoms with Crippen LogP contribution in [0.4, 0.5) is 0 Å². The van der Waals surface area contributed by atoms with Crippen molar-refractivity contribution in [3.8, 4) is 5.75 Å². The van der Waals surface area contributed by atoms with Crippen LogP contribution in [0.25, 0.3) is 0 Å². The van der Waals surface area contributed by atoms with E-state index in [1.54, 1.807) is 19.1 Å². The van der Waals surface area contributed by atoms with Gasteiger partial charge in [-0.05, 0) is 61.6 Å². The van der Waals surface area contributed by atoms with Crippen molar-refractivity contribution in [2.75, 3.05) is 13.2 Å². The maximum Gasteiger partial charge on any atom is 0.261 e. The zero-order valence-electron chi connectivity index (χ0n) is 18.4. The standard InChI is InChI=1S/C24H31ClN2O3/c1-16(2)13-26-24(29)19(5)27(14-20-9-7-10-21(25)12-20)23(28)15-30-22-11-6-8-17(3)18(22)4/h6-12,16,19H,13-15H2,1-5H3,(H,26,29). The third-order valence-corrected chi connectivity index (χ3v) is 5.23. The second-order valence-electron chi connectivity index (χ2n) is 7.95. The number of rotatable bonds is 9. The van der Waals surface area contributed by atoms with Crippen molar-refractivity contribution in [2.24, 2.45) is 5.92 Å². The van der Waals surface area contributed by atoms with Crippen LogP contribution >= 0.6 is 11.6 Å².